The molecule has 4 aromatic rings. The van der Waals surface area contributed by atoms with Crippen LogP contribution in [0.15, 0.2) is 72.8 Å². The van der Waals surface area contributed by atoms with E-state index in [1.54, 1.807) is 65.3 Å². The molecule has 0 radical (unpaired) electrons. The number of nitrogens with zero attached hydrogens (tertiary/aromatic N) is 3. The van der Waals surface area contributed by atoms with Gasteiger partial charge in [0.2, 0.25) is 5.82 Å². The lowest BCUT2D eigenvalue weighted by Gasteiger charge is -2.06. The molecule has 4 rings (SSSR count). The summed E-state index contributed by atoms with van der Waals surface area (Å²) in [5, 5.41) is 8.77. The molecule has 29 heavy (non-hydrogen) atoms. The molecule has 0 atom stereocenters. The Balaban J connectivity index is 1.76. The number of hydrogen-bond acceptors (Lipinski definition) is 3. The van der Waals surface area contributed by atoms with E-state index in [1.165, 1.54) is 0 Å². The summed E-state index contributed by atoms with van der Waals surface area (Å²) >= 11 is 18.1. The molecule has 0 spiro atoms. The van der Waals surface area contributed by atoms with Crippen molar-refractivity contribution in [1.29, 1.82) is 0 Å². The molecular formula is C21H13Cl3N4O. The molecule has 1 N–H and O–H groups in total. The fourth-order valence-electron chi connectivity index (χ4n) is 2.70. The molecule has 144 valence electrons. The van der Waals surface area contributed by atoms with Gasteiger partial charge >= 0.3 is 0 Å². The number of halogens is 3. The monoisotopic (exact) mass is 442 g/mol. The first-order valence-electron chi connectivity index (χ1n) is 8.56. The molecule has 3 aromatic carbocycles. The number of anilines is 1. The predicted molar refractivity (Wildman–Crippen MR) is 116 cm³/mol. The van der Waals surface area contributed by atoms with Crippen molar-refractivity contribution in [2.24, 2.45) is 0 Å². The van der Waals surface area contributed by atoms with Gasteiger partial charge < -0.3 is 5.32 Å². The molecule has 0 bridgehead atoms. The Bertz CT molecular complexity index is 1110. The fraction of sp³-hybridized carbons (Fsp3) is 0. The maximum atomic E-state index is 12.8. The lowest BCUT2D eigenvalue weighted by atomic mass is 10.2. The van der Waals surface area contributed by atoms with Crippen LogP contribution >= 0.6 is 34.8 Å². The minimum atomic E-state index is -0.471. The van der Waals surface area contributed by atoms with Gasteiger partial charge in [0, 0.05) is 15.6 Å². The van der Waals surface area contributed by atoms with Gasteiger partial charge in [-0.2, -0.15) is 0 Å². The van der Waals surface area contributed by atoms with Crippen LogP contribution in [-0.4, -0.2) is 20.7 Å². The minimum absolute atomic E-state index is 0.00446. The first-order chi connectivity index (χ1) is 14.0. The summed E-state index contributed by atoms with van der Waals surface area (Å²) in [6.45, 7) is 0. The maximum Gasteiger partial charge on any atom is 0.295 e. The lowest BCUT2D eigenvalue weighted by Crippen LogP contribution is -2.14. The Morgan fingerprint density at radius 2 is 1.45 bits per heavy atom. The van der Waals surface area contributed by atoms with Crippen molar-refractivity contribution in [3.05, 3.63) is 93.7 Å². The Kier molecular flexibility index (Phi) is 5.53. The smallest absolute Gasteiger partial charge is 0.295 e. The van der Waals surface area contributed by atoms with Gasteiger partial charge in [-0.3, -0.25) is 4.79 Å². The average Bonchev–Trinajstić information content (AvgIpc) is 3.16. The van der Waals surface area contributed by atoms with E-state index in [9.17, 15) is 4.79 Å². The van der Waals surface area contributed by atoms with Gasteiger partial charge in [-0.15, -0.1) is 5.10 Å². The second-order valence-corrected chi connectivity index (χ2v) is 7.37. The zero-order valence-electron chi connectivity index (χ0n) is 14.8. The van der Waals surface area contributed by atoms with Gasteiger partial charge in [0.05, 0.1) is 16.4 Å². The lowest BCUT2D eigenvalue weighted by molar-refractivity contribution is 0.101. The molecule has 0 saturated heterocycles. The van der Waals surface area contributed by atoms with Crippen LogP contribution in [0.1, 0.15) is 10.6 Å². The van der Waals surface area contributed by atoms with E-state index in [4.69, 9.17) is 34.8 Å². The Morgan fingerprint density at radius 1 is 0.828 bits per heavy atom. The number of amides is 1. The van der Waals surface area contributed by atoms with Gasteiger partial charge in [0.15, 0.2) is 5.82 Å². The zero-order valence-corrected chi connectivity index (χ0v) is 17.1. The molecule has 0 aliphatic heterocycles. The highest BCUT2D eigenvalue weighted by Crippen LogP contribution is 2.25. The van der Waals surface area contributed by atoms with Gasteiger partial charge in [0.25, 0.3) is 5.91 Å². The van der Waals surface area contributed by atoms with Crippen LogP contribution < -0.4 is 5.32 Å². The number of carbonyl (C=O) groups is 1. The van der Waals surface area contributed by atoms with Crippen LogP contribution in [0, 0.1) is 0 Å². The average molecular weight is 444 g/mol. The Labute approximate surface area is 181 Å². The van der Waals surface area contributed by atoms with Crippen molar-refractivity contribution in [3.8, 4) is 17.1 Å². The first kappa shape index (κ1) is 19.5. The summed E-state index contributed by atoms with van der Waals surface area (Å²) in [6, 6.07) is 21.2. The molecule has 0 fully saturated rings. The van der Waals surface area contributed by atoms with Crippen LogP contribution in [0.25, 0.3) is 17.1 Å². The van der Waals surface area contributed by atoms with Crippen molar-refractivity contribution >= 4 is 46.4 Å². The first-order valence-corrected chi connectivity index (χ1v) is 9.69. The number of benzene rings is 3. The number of carbonyl (C=O) groups excluding carboxylic acids is 1. The molecule has 8 heteroatoms. The van der Waals surface area contributed by atoms with Crippen molar-refractivity contribution < 1.29 is 4.79 Å². The second kappa shape index (κ2) is 8.25. The Morgan fingerprint density at radius 3 is 2.10 bits per heavy atom. The zero-order chi connectivity index (χ0) is 20.4. The van der Waals surface area contributed by atoms with Gasteiger partial charge in [-0.25, -0.2) is 9.67 Å². The van der Waals surface area contributed by atoms with E-state index in [2.05, 4.69) is 15.4 Å². The van der Waals surface area contributed by atoms with Gasteiger partial charge in [0.1, 0.15) is 0 Å². The van der Waals surface area contributed by atoms with Crippen LogP contribution in [0.3, 0.4) is 0 Å². The maximum absolute atomic E-state index is 12.8. The Hall–Kier alpha value is -2.86. The summed E-state index contributed by atoms with van der Waals surface area (Å²) in [5.74, 6) is 0.0270. The van der Waals surface area contributed by atoms with E-state index < -0.39 is 5.91 Å². The van der Waals surface area contributed by atoms with Crippen LogP contribution in [0.2, 0.25) is 15.1 Å². The highest BCUT2D eigenvalue weighted by molar-refractivity contribution is 6.33. The van der Waals surface area contributed by atoms with E-state index in [0.29, 0.717) is 32.3 Å². The van der Waals surface area contributed by atoms with Crippen molar-refractivity contribution in [1.82, 2.24) is 14.8 Å². The molecule has 0 saturated carbocycles. The topological polar surface area (TPSA) is 59.8 Å². The highest BCUT2D eigenvalue weighted by Gasteiger charge is 2.19. The summed E-state index contributed by atoms with van der Waals surface area (Å²) in [7, 11) is 0. The van der Waals surface area contributed by atoms with E-state index in [-0.39, 0.29) is 5.82 Å². The van der Waals surface area contributed by atoms with Gasteiger partial charge in [-0.05, 0) is 60.7 Å². The molecule has 1 aromatic heterocycles. The third-order valence-electron chi connectivity index (χ3n) is 4.11. The fourth-order valence-corrected chi connectivity index (χ4v) is 3.13. The number of nitrogens with one attached hydrogen (secondary N) is 1. The molecule has 1 heterocycles. The SMILES string of the molecule is O=C(Nc1ccccc1Cl)c1nc(-c2ccc(Cl)cc2)n(-c2ccc(Cl)cc2)n1. The van der Waals surface area contributed by atoms with Crippen molar-refractivity contribution in [3.63, 3.8) is 0 Å². The molecule has 1 amide bonds. The standard InChI is InChI=1S/C21H13Cl3N4O/c22-14-7-5-13(6-8-14)20-26-19(21(29)25-18-4-2-1-3-17(18)24)27-28(20)16-11-9-15(23)10-12-16/h1-12H,(H,25,29). The quantitative estimate of drug-likeness (QED) is 0.412. The number of hydrogen-bond donors (Lipinski definition) is 1. The number of rotatable bonds is 4. The molecule has 0 unspecified atom stereocenters. The molecule has 0 aliphatic rings. The third kappa shape index (κ3) is 4.27. The normalized spacial score (nSPS) is 10.7. The molecule has 0 aliphatic carbocycles. The summed E-state index contributed by atoms with van der Waals surface area (Å²) in [5.41, 5.74) is 1.95. The molecule has 5 nitrogen and oxygen atoms in total. The van der Waals surface area contributed by atoms with Crippen molar-refractivity contribution in [2.75, 3.05) is 5.32 Å². The van der Waals surface area contributed by atoms with E-state index in [0.717, 1.165) is 5.56 Å². The molecular weight excluding hydrogens is 431 g/mol. The summed E-state index contributed by atoms with van der Waals surface area (Å²) in [4.78, 5) is 17.2. The van der Waals surface area contributed by atoms with E-state index in [1.807, 2.05) is 12.1 Å². The number of aromatic nitrogens is 3. The minimum Gasteiger partial charge on any atom is -0.318 e. The van der Waals surface area contributed by atoms with Crippen LogP contribution in [0.4, 0.5) is 5.69 Å². The van der Waals surface area contributed by atoms with Crippen LogP contribution in [0.5, 0.6) is 0 Å². The second-order valence-electron chi connectivity index (χ2n) is 6.09. The summed E-state index contributed by atoms with van der Waals surface area (Å²) < 4.78 is 1.58. The van der Waals surface area contributed by atoms with E-state index >= 15 is 0 Å². The third-order valence-corrected chi connectivity index (χ3v) is 4.94. The predicted octanol–water partition coefficient (Wildman–Crippen LogP) is 6.15. The number of para-hydroxylation sites is 1. The largest absolute Gasteiger partial charge is 0.318 e. The van der Waals surface area contributed by atoms with Gasteiger partial charge in [-0.1, -0.05) is 46.9 Å². The summed E-state index contributed by atoms with van der Waals surface area (Å²) in [6.07, 6.45) is 0. The van der Waals surface area contributed by atoms with Crippen LogP contribution in [-0.2, 0) is 0 Å². The van der Waals surface area contributed by atoms with Crippen molar-refractivity contribution in [2.45, 2.75) is 0 Å². The highest BCUT2D eigenvalue weighted by atomic mass is 35.5.